The molecule has 4 rings (SSSR count). The summed E-state index contributed by atoms with van der Waals surface area (Å²) in [6.45, 7) is 3.25. The van der Waals surface area contributed by atoms with E-state index in [9.17, 15) is 9.59 Å². The summed E-state index contributed by atoms with van der Waals surface area (Å²) in [5, 5.41) is 7.36. The number of rotatable bonds is 6. The van der Waals surface area contributed by atoms with Gasteiger partial charge in [-0.25, -0.2) is 0 Å². The molecule has 6 nitrogen and oxygen atoms in total. The zero-order chi connectivity index (χ0) is 18.8. The molecule has 27 heavy (non-hydrogen) atoms. The number of aryl methyl sites for hydroxylation is 1. The summed E-state index contributed by atoms with van der Waals surface area (Å²) < 4.78 is 7.69. The van der Waals surface area contributed by atoms with Crippen molar-refractivity contribution in [2.75, 3.05) is 6.61 Å². The fourth-order valence-corrected chi connectivity index (χ4v) is 3.89. The fraction of sp³-hybridized carbons (Fsp3) is 0.250. The Morgan fingerprint density at radius 2 is 2.00 bits per heavy atom. The van der Waals surface area contributed by atoms with Crippen molar-refractivity contribution in [1.29, 1.82) is 0 Å². The first-order chi connectivity index (χ1) is 13.1. The highest BCUT2D eigenvalue weighted by Crippen LogP contribution is 2.24. The van der Waals surface area contributed by atoms with Crippen molar-refractivity contribution < 1.29 is 14.3 Å². The largest absolute Gasteiger partial charge is 0.492 e. The normalized spacial score (nSPS) is 16.7. The van der Waals surface area contributed by atoms with Gasteiger partial charge in [0.1, 0.15) is 12.4 Å². The lowest BCUT2D eigenvalue weighted by Crippen LogP contribution is -2.25. The van der Waals surface area contributed by atoms with E-state index < -0.39 is 0 Å². The van der Waals surface area contributed by atoms with Crippen LogP contribution < -0.4 is 10.1 Å². The van der Waals surface area contributed by atoms with Crippen LogP contribution in [-0.2, 0) is 17.8 Å². The highest BCUT2D eigenvalue weighted by molar-refractivity contribution is 8.15. The summed E-state index contributed by atoms with van der Waals surface area (Å²) in [6, 6.07) is 13.8. The molecule has 0 aliphatic carbocycles. The van der Waals surface area contributed by atoms with Gasteiger partial charge in [0.25, 0.3) is 5.24 Å². The van der Waals surface area contributed by atoms with Crippen molar-refractivity contribution in [3.05, 3.63) is 59.8 Å². The quantitative estimate of drug-likeness (QED) is 0.709. The fourth-order valence-electron chi connectivity index (χ4n) is 3.03. The maximum absolute atomic E-state index is 11.6. The van der Waals surface area contributed by atoms with Crippen molar-refractivity contribution in [2.45, 2.75) is 25.1 Å². The summed E-state index contributed by atoms with van der Waals surface area (Å²) in [5.41, 5.74) is 3.20. The Hall–Kier alpha value is -2.80. The Labute approximate surface area is 160 Å². The van der Waals surface area contributed by atoms with Gasteiger partial charge in [0.2, 0.25) is 5.91 Å². The molecule has 2 heterocycles. The number of amides is 2. The molecule has 1 atom stereocenters. The van der Waals surface area contributed by atoms with E-state index in [4.69, 9.17) is 4.74 Å². The standard InChI is InChI=1S/C20H19N3O3S/c1-13-2-7-17-15(10-13)12-23(22-17)8-9-26-16-5-3-14(4-6-16)11-18-19(24)21-20(25)27-18/h2-7,10,12,18H,8-9,11H2,1H3,(H,21,24,25). The number of benzene rings is 2. The van der Waals surface area contributed by atoms with Crippen LogP contribution in [0.2, 0.25) is 0 Å². The van der Waals surface area contributed by atoms with Crippen LogP contribution >= 0.6 is 11.8 Å². The van der Waals surface area contributed by atoms with Gasteiger partial charge in [-0.1, -0.05) is 35.5 Å². The lowest BCUT2D eigenvalue weighted by Gasteiger charge is -2.08. The zero-order valence-corrected chi connectivity index (χ0v) is 15.7. The van der Waals surface area contributed by atoms with E-state index in [0.717, 1.165) is 34.0 Å². The average molecular weight is 381 g/mol. The summed E-state index contributed by atoms with van der Waals surface area (Å²) in [7, 11) is 0. The molecular weight excluding hydrogens is 362 g/mol. The Morgan fingerprint density at radius 3 is 2.74 bits per heavy atom. The van der Waals surface area contributed by atoms with Crippen molar-refractivity contribution in [3.63, 3.8) is 0 Å². The van der Waals surface area contributed by atoms with Gasteiger partial charge in [0, 0.05) is 11.6 Å². The highest BCUT2D eigenvalue weighted by atomic mass is 32.2. The van der Waals surface area contributed by atoms with Crippen LogP contribution in [0.3, 0.4) is 0 Å². The zero-order valence-electron chi connectivity index (χ0n) is 14.8. The number of thioether (sulfide) groups is 1. The van der Waals surface area contributed by atoms with Gasteiger partial charge >= 0.3 is 0 Å². The lowest BCUT2D eigenvalue weighted by molar-refractivity contribution is -0.118. The van der Waals surface area contributed by atoms with Crippen LogP contribution in [0.25, 0.3) is 10.9 Å². The maximum Gasteiger partial charge on any atom is 0.286 e. The molecule has 1 N–H and O–H groups in total. The number of carbonyl (C=O) groups is 2. The van der Waals surface area contributed by atoms with Crippen LogP contribution in [0.4, 0.5) is 4.79 Å². The van der Waals surface area contributed by atoms with Crippen molar-refractivity contribution in [2.24, 2.45) is 0 Å². The number of fused-ring (bicyclic) bond motifs is 1. The number of ether oxygens (including phenoxy) is 1. The molecular formula is C20H19N3O3S. The van der Waals surface area contributed by atoms with Gasteiger partial charge < -0.3 is 4.74 Å². The first-order valence-corrected chi connectivity index (χ1v) is 9.62. The Balaban J connectivity index is 1.30. The molecule has 0 saturated carbocycles. The van der Waals surface area contributed by atoms with E-state index in [1.54, 1.807) is 0 Å². The maximum atomic E-state index is 11.6. The van der Waals surface area contributed by atoms with Crippen LogP contribution in [0.15, 0.2) is 48.7 Å². The van der Waals surface area contributed by atoms with Crippen LogP contribution in [0.5, 0.6) is 5.75 Å². The SMILES string of the molecule is Cc1ccc2nn(CCOc3ccc(CC4SC(=O)NC4=O)cc3)cc2c1. The minimum atomic E-state index is -0.346. The topological polar surface area (TPSA) is 73.2 Å². The van der Waals surface area contributed by atoms with E-state index in [2.05, 4.69) is 29.5 Å². The number of imide groups is 1. The van der Waals surface area contributed by atoms with Crippen molar-refractivity contribution >= 4 is 33.8 Å². The average Bonchev–Trinajstić information content (AvgIpc) is 3.18. The van der Waals surface area contributed by atoms with Gasteiger partial charge in [-0.3, -0.25) is 19.6 Å². The summed E-state index contributed by atoms with van der Waals surface area (Å²) >= 11 is 1.05. The molecule has 0 bridgehead atoms. The van der Waals surface area contributed by atoms with Crippen LogP contribution in [0.1, 0.15) is 11.1 Å². The van der Waals surface area contributed by atoms with E-state index in [-0.39, 0.29) is 16.4 Å². The lowest BCUT2D eigenvalue weighted by atomic mass is 10.1. The molecule has 1 aromatic heterocycles. The molecule has 0 spiro atoms. The van der Waals surface area contributed by atoms with E-state index >= 15 is 0 Å². The minimum Gasteiger partial charge on any atom is -0.492 e. The molecule has 1 saturated heterocycles. The monoisotopic (exact) mass is 381 g/mol. The van der Waals surface area contributed by atoms with E-state index in [1.165, 1.54) is 5.56 Å². The van der Waals surface area contributed by atoms with Gasteiger partial charge in [0.15, 0.2) is 0 Å². The number of carbonyl (C=O) groups excluding carboxylic acids is 2. The number of nitrogens with zero attached hydrogens (tertiary/aromatic N) is 2. The first-order valence-electron chi connectivity index (χ1n) is 8.74. The second-order valence-electron chi connectivity index (χ2n) is 6.53. The molecule has 1 unspecified atom stereocenters. The predicted molar refractivity (Wildman–Crippen MR) is 105 cm³/mol. The molecule has 1 fully saturated rings. The Morgan fingerprint density at radius 1 is 1.19 bits per heavy atom. The molecule has 1 aliphatic rings. The van der Waals surface area contributed by atoms with Gasteiger partial charge in [-0.15, -0.1) is 0 Å². The molecule has 3 aromatic rings. The summed E-state index contributed by atoms with van der Waals surface area (Å²) in [5.74, 6) is 0.554. The number of hydrogen-bond acceptors (Lipinski definition) is 5. The van der Waals surface area contributed by atoms with Crippen molar-refractivity contribution in [3.8, 4) is 5.75 Å². The highest BCUT2D eigenvalue weighted by Gasteiger charge is 2.31. The van der Waals surface area contributed by atoms with Crippen LogP contribution in [-0.4, -0.2) is 32.8 Å². The summed E-state index contributed by atoms with van der Waals surface area (Å²) in [6.07, 6.45) is 2.56. The second-order valence-corrected chi connectivity index (χ2v) is 7.71. The number of hydrogen-bond donors (Lipinski definition) is 1. The van der Waals surface area contributed by atoms with Gasteiger partial charge in [-0.05, 0) is 43.2 Å². The summed E-state index contributed by atoms with van der Waals surface area (Å²) in [4.78, 5) is 22.9. The van der Waals surface area contributed by atoms with E-state index in [0.29, 0.717) is 19.6 Å². The number of nitrogens with one attached hydrogen (secondary N) is 1. The second kappa shape index (κ2) is 7.44. The first kappa shape index (κ1) is 17.6. The molecule has 2 aromatic carbocycles. The third-order valence-electron chi connectivity index (χ3n) is 4.41. The Kier molecular flexibility index (Phi) is 4.85. The molecule has 138 valence electrons. The predicted octanol–water partition coefficient (Wildman–Crippen LogP) is 3.32. The smallest absolute Gasteiger partial charge is 0.286 e. The van der Waals surface area contributed by atoms with Crippen molar-refractivity contribution in [1.82, 2.24) is 15.1 Å². The minimum absolute atomic E-state index is 0.216. The number of aromatic nitrogens is 2. The Bertz CT molecular complexity index is 997. The van der Waals surface area contributed by atoms with E-state index in [1.807, 2.05) is 41.2 Å². The molecule has 0 radical (unpaired) electrons. The molecule has 1 aliphatic heterocycles. The molecule has 2 amide bonds. The van der Waals surface area contributed by atoms with Crippen LogP contribution in [0, 0.1) is 6.92 Å². The molecule has 7 heteroatoms. The third kappa shape index (κ3) is 4.14. The third-order valence-corrected chi connectivity index (χ3v) is 5.39. The van der Waals surface area contributed by atoms with Gasteiger partial charge in [-0.2, -0.15) is 5.10 Å². The van der Waals surface area contributed by atoms with Gasteiger partial charge in [0.05, 0.1) is 17.3 Å².